The van der Waals surface area contributed by atoms with Gasteiger partial charge in [0.05, 0.1) is 0 Å². The Hall–Kier alpha value is -3.20. The Morgan fingerprint density at radius 1 is 1.24 bits per heavy atom. The molecule has 2 N–H and O–H groups in total. The maximum Gasteiger partial charge on any atom is 0.332 e. The highest BCUT2D eigenvalue weighted by molar-refractivity contribution is 5.75. The van der Waals surface area contributed by atoms with E-state index in [0.717, 1.165) is 29.5 Å². The van der Waals surface area contributed by atoms with E-state index in [2.05, 4.69) is 4.90 Å². The molecule has 8 nitrogen and oxygen atoms in total. The van der Waals surface area contributed by atoms with Crippen LogP contribution in [0.15, 0.2) is 45.5 Å². The summed E-state index contributed by atoms with van der Waals surface area (Å²) in [5.74, 6) is 0.323. The van der Waals surface area contributed by atoms with Gasteiger partial charge in [-0.2, -0.15) is 4.98 Å². The van der Waals surface area contributed by atoms with Crippen molar-refractivity contribution in [3.63, 3.8) is 0 Å². The molecule has 1 saturated heterocycles. The molecule has 33 heavy (non-hydrogen) atoms. The number of allylic oxidation sites excluding steroid dienone is 2. The van der Waals surface area contributed by atoms with Gasteiger partial charge in [0.2, 0.25) is 5.95 Å². The number of anilines is 1. The molecule has 4 rings (SSSR count). The lowest BCUT2D eigenvalue weighted by Crippen LogP contribution is -2.44. The summed E-state index contributed by atoms with van der Waals surface area (Å²) in [6, 6.07) is 6.54. The van der Waals surface area contributed by atoms with E-state index in [1.165, 1.54) is 17.7 Å². The number of halogens is 1. The monoisotopic (exact) mass is 454 g/mol. The predicted octanol–water partition coefficient (Wildman–Crippen LogP) is 2.17. The summed E-state index contributed by atoms with van der Waals surface area (Å²) in [5, 5.41) is 0. The Morgan fingerprint density at radius 2 is 2.00 bits per heavy atom. The van der Waals surface area contributed by atoms with Gasteiger partial charge in [-0.05, 0) is 44.7 Å². The van der Waals surface area contributed by atoms with Crippen LogP contribution in [0.25, 0.3) is 11.2 Å². The van der Waals surface area contributed by atoms with Crippen LogP contribution in [0, 0.1) is 5.82 Å². The number of nitrogens with zero attached hydrogens (tertiary/aromatic N) is 5. The Balaban J connectivity index is 1.88. The zero-order chi connectivity index (χ0) is 23.7. The van der Waals surface area contributed by atoms with Crippen LogP contribution in [0.1, 0.15) is 32.3 Å². The van der Waals surface area contributed by atoms with E-state index in [-0.39, 0.29) is 24.0 Å². The molecule has 0 saturated carbocycles. The molecule has 0 aliphatic carbocycles. The lowest BCUT2D eigenvalue weighted by Gasteiger charge is -2.31. The van der Waals surface area contributed by atoms with Crippen molar-refractivity contribution in [3.05, 3.63) is 68.1 Å². The summed E-state index contributed by atoms with van der Waals surface area (Å²) in [6.45, 7) is 6.09. The number of imidazole rings is 1. The Bertz CT molecular complexity index is 1310. The molecule has 3 aromatic rings. The van der Waals surface area contributed by atoms with Gasteiger partial charge in [-0.3, -0.25) is 13.9 Å². The van der Waals surface area contributed by atoms with E-state index in [1.807, 2.05) is 24.5 Å². The van der Waals surface area contributed by atoms with Crippen molar-refractivity contribution in [2.75, 3.05) is 18.0 Å². The highest BCUT2D eigenvalue weighted by Crippen LogP contribution is 2.24. The average Bonchev–Trinajstić information content (AvgIpc) is 3.16. The van der Waals surface area contributed by atoms with E-state index in [4.69, 9.17) is 10.7 Å². The summed E-state index contributed by atoms with van der Waals surface area (Å²) in [4.78, 5) is 33.2. The zero-order valence-corrected chi connectivity index (χ0v) is 19.4. The minimum Gasteiger partial charge on any atom is -0.341 e. The van der Waals surface area contributed by atoms with Crippen LogP contribution in [0.2, 0.25) is 0 Å². The smallest absolute Gasteiger partial charge is 0.332 e. The first kappa shape index (κ1) is 23.0. The number of piperidine rings is 1. The van der Waals surface area contributed by atoms with Crippen LogP contribution in [-0.4, -0.2) is 37.8 Å². The first-order valence-corrected chi connectivity index (χ1v) is 11.3. The first-order chi connectivity index (χ1) is 15.8. The topological polar surface area (TPSA) is 91.1 Å². The number of fused-ring (bicyclic) bond motifs is 1. The minimum atomic E-state index is -0.461. The third kappa shape index (κ3) is 4.50. The summed E-state index contributed by atoms with van der Waals surface area (Å²) < 4.78 is 18.7. The van der Waals surface area contributed by atoms with Gasteiger partial charge < -0.3 is 15.2 Å². The maximum atomic E-state index is 14.2. The number of aromatic nitrogens is 4. The van der Waals surface area contributed by atoms with Crippen LogP contribution < -0.4 is 21.9 Å². The fraction of sp³-hybridized carbons (Fsp3) is 0.458. The largest absolute Gasteiger partial charge is 0.341 e. The molecule has 0 spiro atoms. The molecule has 1 aliphatic heterocycles. The van der Waals surface area contributed by atoms with Crippen LogP contribution in [0.4, 0.5) is 10.3 Å². The summed E-state index contributed by atoms with van der Waals surface area (Å²) in [6.07, 6.45) is 4.22. The lowest BCUT2D eigenvalue weighted by atomic mass is 10.1. The van der Waals surface area contributed by atoms with E-state index >= 15 is 0 Å². The lowest BCUT2D eigenvalue weighted by molar-refractivity contribution is 0.495. The van der Waals surface area contributed by atoms with E-state index in [9.17, 15) is 14.0 Å². The summed E-state index contributed by atoms with van der Waals surface area (Å²) >= 11 is 0. The van der Waals surface area contributed by atoms with Gasteiger partial charge in [0.25, 0.3) is 5.56 Å². The van der Waals surface area contributed by atoms with Gasteiger partial charge in [-0.1, -0.05) is 29.8 Å². The molecule has 2 aromatic heterocycles. The molecular formula is C24H31FN6O2. The Kier molecular flexibility index (Phi) is 6.51. The number of hydrogen-bond acceptors (Lipinski definition) is 5. The van der Waals surface area contributed by atoms with Crippen molar-refractivity contribution in [1.29, 1.82) is 0 Å². The second-order valence-corrected chi connectivity index (χ2v) is 8.96. The second kappa shape index (κ2) is 9.35. The zero-order valence-electron chi connectivity index (χ0n) is 19.4. The van der Waals surface area contributed by atoms with Crippen LogP contribution in [0.5, 0.6) is 0 Å². The summed E-state index contributed by atoms with van der Waals surface area (Å²) in [5.41, 5.74) is 7.69. The third-order valence-electron chi connectivity index (χ3n) is 6.20. The SMILES string of the molecule is CC(C)=CCn1c(N2CCCC(N)C2)nc2c1c(=O)n(C)c(=O)n2CCc1ccccc1F. The highest BCUT2D eigenvalue weighted by Gasteiger charge is 2.26. The standard InChI is InChI=1S/C24H31FN6O2/c1-16(2)10-13-30-20-21(27-23(30)29-12-6-8-18(26)15-29)31(24(33)28(3)22(20)32)14-11-17-7-4-5-9-19(17)25/h4-5,7,9-10,18H,6,8,11-15,26H2,1-3H3. The molecule has 1 atom stereocenters. The summed E-state index contributed by atoms with van der Waals surface area (Å²) in [7, 11) is 1.47. The number of nitrogens with two attached hydrogens (primary N) is 1. The van der Waals surface area contributed by atoms with E-state index in [1.54, 1.807) is 18.2 Å². The number of hydrogen-bond donors (Lipinski definition) is 1. The molecule has 0 amide bonds. The molecule has 176 valence electrons. The minimum absolute atomic E-state index is 0.0292. The van der Waals surface area contributed by atoms with Crippen molar-refractivity contribution >= 4 is 17.1 Å². The molecule has 3 heterocycles. The predicted molar refractivity (Wildman–Crippen MR) is 128 cm³/mol. The normalized spacial score (nSPS) is 16.4. The average molecular weight is 455 g/mol. The Morgan fingerprint density at radius 3 is 2.70 bits per heavy atom. The van der Waals surface area contributed by atoms with Crippen molar-refractivity contribution in [2.45, 2.75) is 52.2 Å². The molecule has 0 radical (unpaired) electrons. The molecule has 1 aromatic carbocycles. The molecule has 0 bridgehead atoms. The molecule has 1 fully saturated rings. The number of rotatable bonds is 6. The van der Waals surface area contributed by atoms with Gasteiger partial charge in [-0.25, -0.2) is 9.18 Å². The third-order valence-corrected chi connectivity index (χ3v) is 6.20. The Labute approximate surface area is 191 Å². The highest BCUT2D eigenvalue weighted by atomic mass is 19.1. The second-order valence-electron chi connectivity index (χ2n) is 8.96. The first-order valence-electron chi connectivity index (χ1n) is 11.3. The van der Waals surface area contributed by atoms with Crippen molar-refractivity contribution < 1.29 is 4.39 Å². The number of aryl methyl sites for hydroxylation is 2. The van der Waals surface area contributed by atoms with Gasteiger partial charge in [-0.15, -0.1) is 0 Å². The maximum absolute atomic E-state index is 14.2. The van der Waals surface area contributed by atoms with Crippen molar-refractivity contribution in [2.24, 2.45) is 12.8 Å². The van der Waals surface area contributed by atoms with E-state index < -0.39 is 5.69 Å². The quantitative estimate of drug-likeness (QED) is 0.577. The number of benzene rings is 1. The van der Waals surface area contributed by atoms with Gasteiger partial charge in [0.15, 0.2) is 11.2 Å². The van der Waals surface area contributed by atoms with Gasteiger partial charge in [0, 0.05) is 39.3 Å². The molecular weight excluding hydrogens is 423 g/mol. The van der Waals surface area contributed by atoms with Gasteiger partial charge >= 0.3 is 5.69 Å². The van der Waals surface area contributed by atoms with Crippen LogP contribution in [0.3, 0.4) is 0 Å². The molecule has 9 heteroatoms. The van der Waals surface area contributed by atoms with Crippen molar-refractivity contribution in [3.8, 4) is 0 Å². The fourth-order valence-electron chi connectivity index (χ4n) is 4.36. The van der Waals surface area contributed by atoms with E-state index in [0.29, 0.717) is 42.2 Å². The van der Waals surface area contributed by atoms with Crippen molar-refractivity contribution in [1.82, 2.24) is 18.7 Å². The fourth-order valence-corrected chi connectivity index (χ4v) is 4.36. The molecule has 1 aliphatic rings. The molecule has 1 unspecified atom stereocenters. The van der Waals surface area contributed by atoms with Crippen LogP contribution in [-0.2, 0) is 26.6 Å². The van der Waals surface area contributed by atoms with Gasteiger partial charge in [0.1, 0.15) is 5.82 Å². The van der Waals surface area contributed by atoms with Crippen LogP contribution >= 0.6 is 0 Å².